The van der Waals surface area contributed by atoms with Crippen LogP contribution in [0.15, 0.2) is 18.2 Å². The SMILES string of the molecule is Cc1cc(C)cc(N(C(C)C(=O)O)S(C)(=O)=O)c1. The highest BCUT2D eigenvalue weighted by molar-refractivity contribution is 7.92. The van der Waals surface area contributed by atoms with Gasteiger partial charge in [0.15, 0.2) is 0 Å². The number of aryl methyl sites for hydroxylation is 2. The molecular formula is C12H17NO4S. The summed E-state index contributed by atoms with van der Waals surface area (Å²) in [6, 6.07) is 4.08. The smallest absolute Gasteiger partial charge is 0.327 e. The quantitative estimate of drug-likeness (QED) is 0.901. The summed E-state index contributed by atoms with van der Waals surface area (Å²) in [5, 5.41) is 9.01. The maximum atomic E-state index is 11.8. The topological polar surface area (TPSA) is 74.7 Å². The molecule has 0 heterocycles. The van der Waals surface area contributed by atoms with E-state index in [0.29, 0.717) is 5.69 Å². The zero-order valence-corrected chi connectivity index (χ0v) is 11.7. The monoisotopic (exact) mass is 271 g/mol. The first-order valence-corrected chi connectivity index (χ1v) is 7.28. The van der Waals surface area contributed by atoms with Crippen LogP contribution < -0.4 is 4.31 Å². The average Bonchev–Trinajstić information content (AvgIpc) is 2.13. The van der Waals surface area contributed by atoms with Gasteiger partial charge in [-0.3, -0.25) is 4.31 Å². The molecule has 0 aromatic heterocycles. The first-order valence-electron chi connectivity index (χ1n) is 5.43. The second kappa shape index (κ2) is 4.97. The lowest BCUT2D eigenvalue weighted by Crippen LogP contribution is -2.42. The van der Waals surface area contributed by atoms with Crippen molar-refractivity contribution in [3.8, 4) is 0 Å². The zero-order chi connectivity index (χ0) is 14.1. The molecule has 0 aliphatic carbocycles. The van der Waals surface area contributed by atoms with E-state index < -0.39 is 22.0 Å². The molecule has 0 bridgehead atoms. The molecule has 0 fully saturated rings. The molecule has 5 nitrogen and oxygen atoms in total. The lowest BCUT2D eigenvalue weighted by molar-refractivity contribution is -0.137. The fourth-order valence-corrected chi connectivity index (χ4v) is 3.03. The van der Waals surface area contributed by atoms with E-state index in [9.17, 15) is 13.2 Å². The number of carboxylic acid groups (broad SMARTS) is 1. The highest BCUT2D eigenvalue weighted by atomic mass is 32.2. The Labute approximate surface area is 107 Å². The molecule has 0 saturated carbocycles. The molecule has 6 heteroatoms. The van der Waals surface area contributed by atoms with Crippen LogP contribution in [0.5, 0.6) is 0 Å². The summed E-state index contributed by atoms with van der Waals surface area (Å²) in [6.07, 6.45) is 1.00. The molecule has 0 spiro atoms. The summed E-state index contributed by atoms with van der Waals surface area (Å²) < 4.78 is 24.5. The Balaban J connectivity index is 3.40. The summed E-state index contributed by atoms with van der Waals surface area (Å²) in [6.45, 7) is 5.02. The molecule has 100 valence electrons. The van der Waals surface area contributed by atoms with Crippen LogP contribution in [0, 0.1) is 13.8 Å². The Hall–Kier alpha value is -1.56. The predicted molar refractivity (Wildman–Crippen MR) is 70.3 cm³/mol. The number of hydrogen-bond donors (Lipinski definition) is 1. The van der Waals surface area contributed by atoms with E-state index in [1.54, 1.807) is 12.1 Å². The summed E-state index contributed by atoms with van der Waals surface area (Å²) in [5.74, 6) is -1.18. The van der Waals surface area contributed by atoms with Crippen LogP contribution in [0.2, 0.25) is 0 Å². The number of aliphatic carboxylic acids is 1. The van der Waals surface area contributed by atoms with E-state index in [0.717, 1.165) is 21.7 Å². The summed E-state index contributed by atoms with van der Waals surface area (Å²) in [4.78, 5) is 11.0. The number of nitrogens with zero attached hydrogens (tertiary/aromatic N) is 1. The highest BCUT2D eigenvalue weighted by Crippen LogP contribution is 2.23. The van der Waals surface area contributed by atoms with Crippen molar-refractivity contribution in [3.63, 3.8) is 0 Å². The Bertz CT molecular complexity index is 545. The van der Waals surface area contributed by atoms with Crippen LogP contribution in [0.3, 0.4) is 0 Å². The van der Waals surface area contributed by atoms with Crippen molar-refractivity contribution in [1.82, 2.24) is 0 Å². The summed E-state index contributed by atoms with van der Waals surface area (Å²) in [7, 11) is -3.64. The second-order valence-electron chi connectivity index (χ2n) is 4.42. The van der Waals surface area contributed by atoms with Crippen molar-refractivity contribution < 1.29 is 18.3 Å². The maximum Gasteiger partial charge on any atom is 0.327 e. The minimum Gasteiger partial charge on any atom is -0.480 e. The fourth-order valence-electron chi connectivity index (χ4n) is 1.88. The van der Waals surface area contributed by atoms with E-state index in [4.69, 9.17) is 5.11 Å². The molecule has 0 saturated heterocycles. The van der Waals surface area contributed by atoms with Crippen molar-refractivity contribution in [2.45, 2.75) is 26.8 Å². The van der Waals surface area contributed by atoms with Crippen LogP contribution in [0.1, 0.15) is 18.1 Å². The zero-order valence-electron chi connectivity index (χ0n) is 10.8. The van der Waals surface area contributed by atoms with E-state index in [-0.39, 0.29) is 0 Å². The van der Waals surface area contributed by atoms with E-state index in [2.05, 4.69) is 0 Å². The Kier molecular flexibility index (Phi) is 4.01. The van der Waals surface area contributed by atoms with Gasteiger partial charge in [0.2, 0.25) is 10.0 Å². The number of carbonyl (C=O) groups is 1. The van der Waals surface area contributed by atoms with Crippen molar-refractivity contribution >= 4 is 21.7 Å². The van der Waals surface area contributed by atoms with Crippen LogP contribution in [0.4, 0.5) is 5.69 Å². The van der Waals surface area contributed by atoms with Gasteiger partial charge >= 0.3 is 5.97 Å². The number of sulfonamides is 1. The van der Waals surface area contributed by atoms with Crippen LogP contribution >= 0.6 is 0 Å². The number of anilines is 1. The molecule has 1 aromatic carbocycles. The van der Waals surface area contributed by atoms with E-state index in [1.807, 2.05) is 19.9 Å². The minimum absolute atomic E-state index is 0.380. The third kappa shape index (κ3) is 3.22. The van der Waals surface area contributed by atoms with Crippen LogP contribution in [-0.2, 0) is 14.8 Å². The van der Waals surface area contributed by atoms with Gasteiger partial charge in [-0.25, -0.2) is 13.2 Å². The largest absolute Gasteiger partial charge is 0.480 e. The number of benzene rings is 1. The minimum atomic E-state index is -3.64. The molecule has 1 aromatic rings. The van der Waals surface area contributed by atoms with E-state index in [1.165, 1.54) is 6.92 Å². The molecule has 0 amide bonds. The highest BCUT2D eigenvalue weighted by Gasteiger charge is 2.28. The third-order valence-corrected chi connectivity index (χ3v) is 3.77. The molecule has 0 radical (unpaired) electrons. The van der Waals surface area contributed by atoms with Gasteiger partial charge in [0.25, 0.3) is 0 Å². The first-order chi connectivity index (χ1) is 8.12. The van der Waals surface area contributed by atoms with Gasteiger partial charge in [-0.1, -0.05) is 6.07 Å². The average molecular weight is 271 g/mol. The standard InChI is InChI=1S/C12H17NO4S/c1-8-5-9(2)7-11(6-8)13(18(4,16)17)10(3)12(14)15/h5-7,10H,1-4H3,(H,14,15). The molecule has 0 aliphatic heterocycles. The molecule has 1 N–H and O–H groups in total. The first kappa shape index (κ1) is 14.5. The Morgan fingerprint density at radius 1 is 1.22 bits per heavy atom. The molecule has 0 aliphatic rings. The van der Waals surface area contributed by atoms with Gasteiger partial charge in [0.1, 0.15) is 6.04 Å². The number of hydrogen-bond acceptors (Lipinski definition) is 3. The van der Waals surface area contributed by atoms with Crippen LogP contribution in [0.25, 0.3) is 0 Å². The molecule has 1 atom stereocenters. The van der Waals surface area contributed by atoms with Crippen molar-refractivity contribution in [3.05, 3.63) is 29.3 Å². The predicted octanol–water partition coefficient (Wildman–Crippen LogP) is 1.54. The number of carboxylic acids is 1. The normalized spacial score (nSPS) is 13.1. The van der Waals surface area contributed by atoms with Crippen molar-refractivity contribution in [2.75, 3.05) is 10.6 Å². The van der Waals surface area contributed by atoms with Crippen molar-refractivity contribution in [2.24, 2.45) is 0 Å². The lowest BCUT2D eigenvalue weighted by Gasteiger charge is -2.26. The Morgan fingerprint density at radius 2 is 1.67 bits per heavy atom. The second-order valence-corrected chi connectivity index (χ2v) is 6.28. The van der Waals surface area contributed by atoms with E-state index >= 15 is 0 Å². The lowest BCUT2D eigenvalue weighted by atomic mass is 10.1. The Morgan fingerprint density at radius 3 is 2.00 bits per heavy atom. The fraction of sp³-hybridized carbons (Fsp3) is 0.417. The molecule has 1 rings (SSSR count). The van der Waals surface area contributed by atoms with Gasteiger partial charge in [-0.2, -0.15) is 0 Å². The maximum absolute atomic E-state index is 11.8. The van der Waals surface area contributed by atoms with Gasteiger partial charge < -0.3 is 5.11 Å². The van der Waals surface area contributed by atoms with Crippen molar-refractivity contribution in [1.29, 1.82) is 0 Å². The molecule has 1 unspecified atom stereocenters. The van der Waals surface area contributed by atoms with Gasteiger partial charge in [-0.15, -0.1) is 0 Å². The molecular weight excluding hydrogens is 254 g/mol. The van der Waals surface area contributed by atoms with Gasteiger partial charge in [0.05, 0.1) is 11.9 Å². The third-order valence-electron chi connectivity index (χ3n) is 2.53. The van der Waals surface area contributed by atoms with Gasteiger partial charge in [0, 0.05) is 0 Å². The number of rotatable bonds is 4. The van der Waals surface area contributed by atoms with Gasteiger partial charge in [-0.05, 0) is 44.0 Å². The summed E-state index contributed by atoms with van der Waals surface area (Å²) in [5.41, 5.74) is 2.15. The van der Waals surface area contributed by atoms with Crippen LogP contribution in [-0.4, -0.2) is 31.8 Å². The molecule has 18 heavy (non-hydrogen) atoms. The summed E-state index contributed by atoms with van der Waals surface area (Å²) >= 11 is 0.